The van der Waals surface area contributed by atoms with Gasteiger partial charge in [0, 0.05) is 25.5 Å². The SMILES string of the molecule is COc1ccc(CCCNC(=O)CCc2ncc(-c3ccc(F)cc3F)o2)cc1. The summed E-state index contributed by atoms with van der Waals surface area (Å²) in [6.45, 7) is 0.572. The van der Waals surface area contributed by atoms with Crippen molar-refractivity contribution >= 4 is 5.91 Å². The summed E-state index contributed by atoms with van der Waals surface area (Å²) in [5.74, 6) is -0.127. The van der Waals surface area contributed by atoms with E-state index in [1.54, 1.807) is 7.11 Å². The molecule has 0 radical (unpaired) electrons. The van der Waals surface area contributed by atoms with Gasteiger partial charge in [-0.05, 0) is 42.7 Å². The minimum atomic E-state index is -0.720. The third kappa shape index (κ3) is 5.88. The molecule has 0 saturated carbocycles. The van der Waals surface area contributed by atoms with Gasteiger partial charge < -0.3 is 14.5 Å². The number of nitrogens with one attached hydrogen (secondary N) is 1. The number of methoxy groups -OCH3 is 1. The fourth-order valence-electron chi connectivity index (χ4n) is 2.86. The molecule has 0 fully saturated rings. The maximum atomic E-state index is 13.8. The molecule has 0 aliphatic heterocycles. The molecule has 5 nitrogen and oxygen atoms in total. The average Bonchev–Trinajstić information content (AvgIpc) is 3.19. The lowest BCUT2D eigenvalue weighted by molar-refractivity contribution is -0.121. The molecular weight excluding hydrogens is 378 g/mol. The first-order valence-corrected chi connectivity index (χ1v) is 9.35. The smallest absolute Gasteiger partial charge is 0.220 e. The Kier molecular flexibility index (Phi) is 6.94. The van der Waals surface area contributed by atoms with E-state index in [2.05, 4.69) is 10.3 Å². The van der Waals surface area contributed by atoms with E-state index in [0.29, 0.717) is 18.9 Å². The van der Waals surface area contributed by atoms with Gasteiger partial charge in [-0.25, -0.2) is 13.8 Å². The van der Waals surface area contributed by atoms with Crippen LogP contribution in [0, 0.1) is 11.6 Å². The summed E-state index contributed by atoms with van der Waals surface area (Å²) in [7, 11) is 1.63. The molecule has 3 aromatic rings. The second kappa shape index (κ2) is 9.82. The van der Waals surface area contributed by atoms with E-state index in [9.17, 15) is 13.6 Å². The normalized spacial score (nSPS) is 10.7. The Morgan fingerprint density at radius 3 is 2.66 bits per heavy atom. The molecule has 0 saturated heterocycles. The summed E-state index contributed by atoms with van der Waals surface area (Å²) >= 11 is 0. The van der Waals surface area contributed by atoms with Crippen molar-refractivity contribution < 1.29 is 22.7 Å². The second-order valence-corrected chi connectivity index (χ2v) is 6.54. The van der Waals surface area contributed by atoms with E-state index in [-0.39, 0.29) is 23.7 Å². The summed E-state index contributed by atoms with van der Waals surface area (Å²) < 4.78 is 37.4. The Hall–Kier alpha value is -3.22. The molecule has 1 N–H and O–H groups in total. The topological polar surface area (TPSA) is 64.4 Å². The number of amides is 1. The summed E-state index contributed by atoms with van der Waals surface area (Å²) in [5, 5.41) is 2.86. The first kappa shape index (κ1) is 20.5. The number of aromatic nitrogens is 1. The zero-order valence-electron chi connectivity index (χ0n) is 16.1. The molecule has 0 aliphatic carbocycles. The monoisotopic (exact) mass is 400 g/mol. The zero-order chi connectivity index (χ0) is 20.6. The minimum absolute atomic E-state index is 0.104. The van der Waals surface area contributed by atoms with Crippen molar-refractivity contribution in [1.82, 2.24) is 10.3 Å². The Bertz CT molecular complexity index is 955. The number of ether oxygens (including phenoxy) is 1. The van der Waals surface area contributed by atoms with Crippen LogP contribution in [-0.4, -0.2) is 24.5 Å². The number of nitrogens with zero attached hydrogens (tertiary/aromatic N) is 1. The number of halogens is 2. The van der Waals surface area contributed by atoms with Crippen LogP contribution in [0.4, 0.5) is 8.78 Å². The average molecular weight is 400 g/mol. The lowest BCUT2D eigenvalue weighted by Crippen LogP contribution is -2.25. The summed E-state index contributed by atoms with van der Waals surface area (Å²) in [6.07, 6.45) is 3.57. The molecular formula is C22H22F2N2O3. The van der Waals surface area contributed by atoms with E-state index in [0.717, 1.165) is 30.7 Å². The van der Waals surface area contributed by atoms with Gasteiger partial charge >= 0.3 is 0 Å². The quantitative estimate of drug-likeness (QED) is 0.544. The summed E-state index contributed by atoms with van der Waals surface area (Å²) in [6, 6.07) is 11.1. The highest BCUT2D eigenvalue weighted by Gasteiger charge is 2.13. The second-order valence-electron chi connectivity index (χ2n) is 6.54. The van der Waals surface area contributed by atoms with Crippen molar-refractivity contribution in [1.29, 1.82) is 0 Å². The lowest BCUT2D eigenvalue weighted by Gasteiger charge is -2.05. The summed E-state index contributed by atoms with van der Waals surface area (Å²) in [5.41, 5.74) is 1.31. The zero-order valence-corrected chi connectivity index (χ0v) is 16.1. The van der Waals surface area contributed by atoms with Crippen LogP contribution in [0.2, 0.25) is 0 Å². The summed E-state index contributed by atoms with van der Waals surface area (Å²) in [4.78, 5) is 16.0. The Morgan fingerprint density at radius 1 is 1.14 bits per heavy atom. The lowest BCUT2D eigenvalue weighted by atomic mass is 10.1. The fourth-order valence-corrected chi connectivity index (χ4v) is 2.86. The van der Waals surface area contributed by atoms with Crippen LogP contribution in [-0.2, 0) is 17.6 Å². The van der Waals surface area contributed by atoms with Gasteiger partial charge in [-0.2, -0.15) is 0 Å². The van der Waals surface area contributed by atoms with Crippen LogP contribution in [0.5, 0.6) is 5.75 Å². The van der Waals surface area contributed by atoms with E-state index >= 15 is 0 Å². The van der Waals surface area contributed by atoms with Gasteiger partial charge in [-0.15, -0.1) is 0 Å². The highest BCUT2D eigenvalue weighted by molar-refractivity contribution is 5.76. The van der Waals surface area contributed by atoms with Gasteiger partial charge in [0.05, 0.1) is 18.9 Å². The van der Waals surface area contributed by atoms with E-state index in [1.807, 2.05) is 24.3 Å². The number of carbonyl (C=O) groups is 1. The van der Waals surface area contributed by atoms with Crippen molar-refractivity contribution in [2.75, 3.05) is 13.7 Å². The third-order valence-electron chi connectivity index (χ3n) is 4.44. The molecule has 1 heterocycles. The highest BCUT2D eigenvalue weighted by Crippen LogP contribution is 2.24. The van der Waals surface area contributed by atoms with E-state index in [1.165, 1.54) is 17.8 Å². The molecule has 0 bridgehead atoms. The largest absolute Gasteiger partial charge is 0.497 e. The number of carbonyl (C=O) groups excluding carboxylic acids is 1. The van der Waals surface area contributed by atoms with Crippen LogP contribution in [0.3, 0.4) is 0 Å². The molecule has 2 aromatic carbocycles. The maximum Gasteiger partial charge on any atom is 0.220 e. The molecule has 0 spiro atoms. The standard InChI is InChI=1S/C22H22F2N2O3/c1-28-17-7-4-15(5-8-17)3-2-12-25-21(27)10-11-22-26-14-20(29-22)18-9-6-16(23)13-19(18)24/h4-9,13-14H,2-3,10-12H2,1H3,(H,25,27). The van der Waals surface area contributed by atoms with Crippen LogP contribution < -0.4 is 10.1 Å². The maximum absolute atomic E-state index is 13.8. The molecule has 152 valence electrons. The Morgan fingerprint density at radius 2 is 1.93 bits per heavy atom. The van der Waals surface area contributed by atoms with Crippen LogP contribution >= 0.6 is 0 Å². The van der Waals surface area contributed by atoms with Gasteiger partial charge in [-0.3, -0.25) is 4.79 Å². The minimum Gasteiger partial charge on any atom is -0.497 e. The van der Waals surface area contributed by atoms with Crippen molar-refractivity contribution in [2.45, 2.75) is 25.7 Å². The van der Waals surface area contributed by atoms with Crippen molar-refractivity contribution in [2.24, 2.45) is 0 Å². The van der Waals surface area contributed by atoms with Gasteiger partial charge in [0.2, 0.25) is 5.91 Å². The Balaban J connectivity index is 1.40. The van der Waals surface area contributed by atoms with Crippen molar-refractivity contribution in [3.8, 4) is 17.1 Å². The van der Waals surface area contributed by atoms with Crippen LogP contribution in [0.15, 0.2) is 53.1 Å². The van der Waals surface area contributed by atoms with Crippen LogP contribution in [0.1, 0.15) is 24.3 Å². The van der Waals surface area contributed by atoms with Gasteiger partial charge in [0.1, 0.15) is 17.4 Å². The molecule has 0 atom stereocenters. The van der Waals surface area contributed by atoms with Crippen molar-refractivity contribution in [3.63, 3.8) is 0 Å². The first-order chi connectivity index (χ1) is 14.0. The molecule has 3 rings (SSSR count). The van der Waals surface area contributed by atoms with E-state index < -0.39 is 11.6 Å². The number of benzene rings is 2. The van der Waals surface area contributed by atoms with Gasteiger partial charge in [0.15, 0.2) is 11.7 Å². The van der Waals surface area contributed by atoms with E-state index in [4.69, 9.17) is 9.15 Å². The van der Waals surface area contributed by atoms with Gasteiger partial charge in [0.25, 0.3) is 0 Å². The molecule has 7 heteroatoms. The predicted molar refractivity (Wildman–Crippen MR) is 105 cm³/mol. The molecule has 29 heavy (non-hydrogen) atoms. The Labute approximate surface area is 167 Å². The number of oxazole rings is 1. The number of aryl methyl sites for hydroxylation is 2. The van der Waals surface area contributed by atoms with Crippen molar-refractivity contribution in [3.05, 3.63) is 71.8 Å². The number of hydrogen-bond acceptors (Lipinski definition) is 4. The molecule has 1 amide bonds. The fraction of sp³-hybridized carbons (Fsp3) is 0.273. The number of hydrogen-bond donors (Lipinski definition) is 1. The molecule has 0 unspecified atom stereocenters. The first-order valence-electron chi connectivity index (χ1n) is 9.35. The third-order valence-corrected chi connectivity index (χ3v) is 4.44. The highest BCUT2D eigenvalue weighted by atomic mass is 19.1. The number of rotatable bonds is 9. The predicted octanol–water partition coefficient (Wildman–Crippen LogP) is 4.31. The molecule has 0 aliphatic rings. The molecule has 1 aromatic heterocycles. The van der Waals surface area contributed by atoms with Gasteiger partial charge in [-0.1, -0.05) is 12.1 Å². The van der Waals surface area contributed by atoms with Crippen LogP contribution in [0.25, 0.3) is 11.3 Å².